The number of methoxy groups -OCH3 is 2. The van der Waals surface area contributed by atoms with Crippen LogP contribution < -0.4 is 14.2 Å². The van der Waals surface area contributed by atoms with Gasteiger partial charge in [0.2, 0.25) is 0 Å². The molecule has 182 valence electrons. The van der Waals surface area contributed by atoms with Gasteiger partial charge in [0, 0.05) is 41.3 Å². The van der Waals surface area contributed by atoms with Crippen LogP contribution in [0.4, 0.5) is 9.18 Å². The first kappa shape index (κ1) is 24.1. The summed E-state index contributed by atoms with van der Waals surface area (Å²) in [6.45, 7) is 5.28. The molecule has 1 heterocycles. The number of amides is 1. The zero-order chi connectivity index (χ0) is 24.9. The van der Waals surface area contributed by atoms with Crippen molar-refractivity contribution in [1.82, 2.24) is 9.47 Å². The summed E-state index contributed by atoms with van der Waals surface area (Å²) in [7, 11) is 3.16. The van der Waals surface area contributed by atoms with E-state index in [4.69, 9.17) is 14.2 Å². The van der Waals surface area contributed by atoms with Gasteiger partial charge in [0.25, 0.3) is 0 Å². The van der Waals surface area contributed by atoms with Crippen molar-refractivity contribution in [3.8, 4) is 28.4 Å². The van der Waals surface area contributed by atoms with Crippen LogP contribution in [-0.2, 0) is 6.54 Å². The number of hydrogen-bond donors (Lipinski definition) is 0. The third kappa shape index (κ3) is 4.80. The topological polar surface area (TPSA) is 52.9 Å². The quantitative estimate of drug-likeness (QED) is 0.297. The minimum absolute atomic E-state index is 0.251. The fourth-order valence-corrected chi connectivity index (χ4v) is 4.22. The summed E-state index contributed by atoms with van der Waals surface area (Å²) < 4.78 is 33.1. The van der Waals surface area contributed by atoms with Gasteiger partial charge in [0.15, 0.2) is 11.5 Å². The van der Waals surface area contributed by atoms with Gasteiger partial charge in [0.05, 0.1) is 20.8 Å². The number of carbonyl (C=O) groups excluding carboxylic acids is 1. The summed E-state index contributed by atoms with van der Waals surface area (Å²) in [5, 5.41) is 0.874. The van der Waals surface area contributed by atoms with Crippen molar-refractivity contribution in [3.05, 3.63) is 78.2 Å². The highest BCUT2D eigenvalue weighted by Crippen LogP contribution is 2.41. The summed E-state index contributed by atoms with van der Waals surface area (Å²) >= 11 is 0. The fourth-order valence-electron chi connectivity index (χ4n) is 4.22. The Bertz CT molecular complexity index is 1340. The lowest BCUT2D eigenvalue weighted by molar-refractivity contribution is 0.157. The predicted octanol–water partition coefficient (Wildman–Crippen LogP) is 6.35. The van der Waals surface area contributed by atoms with Crippen LogP contribution in [0, 0.1) is 5.82 Å². The van der Waals surface area contributed by atoms with E-state index in [0.29, 0.717) is 42.4 Å². The number of ether oxygens (including phenoxy) is 3. The van der Waals surface area contributed by atoms with Crippen molar-refractivity contribution in [2.24, 2.45) is 0 Å². The largest absolute Gasteiger partial charge is 0.493 e. The Morgan fingerprint density at radius 2 is 1.63 bits per heavy atom. The fraction of sp³-hybridized carbons (Fsp3) is 0.250. The van der Waals surface area contributed by atoms with E-state index in [-0.39, 0.29) is 5.82 Å². The molecule has 0 bridgehead atoms. The van der Waals surface area contributed by atoms with Crippen LogP contribution in [0.1, 0.15) is 19.4 Å². The molecule has 1 amide bonds. The number of benzene rings is 3. The smallest absolute Gasteiger partial charge is 0.415 e. The standard InChI is InChI=1S/C28H29FN2O4/c1-5-30(6-2)28(32)35-25-14-12-23-21(15-16-31(23)18-20-9-7-8-10-22(20)29)27(25)19-11-13-24(33-3)26(17-19)34-4/h7-17H,5-6,18H2,1-4H3. The zero-order valence-corrected chi connectivity index (χ0v) is 20.4. The summed E-state index contributed by atoms with van der Waals surface area (Å²) in [5.74, 6) is 1.35. The molecule has 0 unspecified atom stereocenters. The van der Waals surface area contributed by atoms with Crippen molar-refractivity contribution in [1.29, 1.82) is 0 Å². The van der Waals surface area contributed by atoms with Crippen molar-refractivity contribution in [2.45, 2.75) is 20.4 Å². The van der Waals surface area contributed by atoms with Gasteiger partial charge in [-0.1, -0.05) is 24.3 Å². The molecule has 0 aliphatic carbocycles. The van der Waals surface area contributed by atoms with Gasteiger partial charge in [-0.2, -0.15) is 0 Å². The number of rotatable bonds is 8. The molecule has 0 fully saturated rings. The second-order valence-corrected chi connectivity index (χ2v) is 8.02. The predicted molar refractivity (Wildman–Crippen MR) is 135 cm³/mol. The Morgan fingerprint density at radius 3 is 2.31 bits per heavy atom. The van der Waals surface area contributed by atoms with E-state index < -0.39 is 6.09 Å². The van der Waals surface area contributed by atoms with Crippen LogP contribution in [0.2, 0.25) is 0 Å². The summed E-state index contributed by atoms with van der Waals surface area (Å²) in [5.41, 5.74) is 3.03. The maximum atomic E-state index is 14.3. The molecule has 3 aromatic carbocycles. The van der Waals surface area contributed by atoms with E-state index in [2.05, 4.69) is 0 Å². The Morgan fingerprint density at radius 1 is 0.914 bits per heavy atom. The van der Waals surface area contributed by atoms with Crippen molar-refractivity contribution < 1.29 is 23.4 Å². The van der Waals surface area contributed by atoms with Gasteiger partial charge >= 0.3 is 6.09 Å². The third-order valence-electron chi connectivity index (χ3n) is 6.10. The van der Waals surface area contributed by atoms with Crippen LogP contribution in [-0.4, -0.2) is 42.9 Å². The van der Waals surface area contributed by atoms with E-state index in [1.54, 1.807) is 37.3 Å². The van der Waals surface area contributed by atoms with Crippen LogP contribution in [0.25, 0.3) is 22.0 Å². The number of carbonyl (C=O) groups is 1. The van der Waals surface area contributed by atoms with Gasteiger partial charge < -0.3 is 23.7 Å². The molecule has 0 saturated carbocycles. The molecule has 0 aliphatic rings. The normalized spacial score (nSPS) is 10.9. The van der Waals surface area contributed by atoms with Gasteiger partial charge in [-0.3, -0.25) is 0 Å². The Hall–Kier alpha value is -4.00. The van der Waals surface area contributed by atoms with Gasteiger partial charge in [-0.25, -0.2) is 9.18 Å². The van der Waals surface area contributed by atoms with E-state index in [0.717, 1.165) is 22.0 Å². The molecule has 0 N–H and O–H groups in total. The van der Waals surface area contributed by atoms with Crippen LogP contribution in [0.5, 0.6) is 17.2 Å². The van der Waals surface area contributed by atoms with E-state index in [9.17, 15) is 9.18 Å². The molecule has 0 aliphatic heterocycles. The molecule has 0 radical (unpaired) electrons. The first-order valence-electron chi connectivity index (χ1n) is 11.5. The SMILES string of the molecule is CCN(CC)C(=O)Oc1ccc2c(ccn2Cc2ccccc2F)c1-c1ccc(OC)c(OC)c1. The molecular formula is C28H29FN2O4. The van der Waals surface area contributed by atoms with Gasteiger partial charge in [-0.15, -0.1) is 0 Å². The minimum Gasteiger partial charge on any atom is -0.493 e. The molecule has 0 atom stereocenters. The highest BCUT2D eigenvalue weighted by atomic mass is 19.1. The molecule has 0 spiro atoms. The average molecular weight is 477 g/mol. The first-order chi connectivity index (χ1) is 17.0. The van der Waals surface area contributed by atoms with Crippen LogP contribution >= 0.6 is 0 Å². The molecule has 7 heteroatoms. The van der Waals surface area contributed by atoms with Crippen molar-refractivity contribution >= 4 is 17.0 Å². The monoisotopic (exact) mass is 476 g/mol. The molecule has 35 heavy (non-hydrogen) atoms. The zero-order valence-electron chi connectivity index (χ0n) is 20.4. The number of hydrogen-bond acceptors (Lipinski definition) is 4. The minimum atomic E-state index is -0.415. The number of nitrogens with zero attached hydrogens (tertiary/aromatic N) is 2. The lowest BCUT2D eigenvalue weighted by Gasteiger charge is -2.20. The van der Waals surface area contributed by atoms with E-state index in [1.165, 1.54) is 6.07 Å². The van der Waals surface area contributed by atoms with E-state index >= 15 is 0 Å². The Kier molecular flexibility index (Phi) is 7.25. The summed E-state index contributed by atoms with van der Waals surface area (Å²) in [4.78, 5) is 14.4. The van der Waals surface area contributed by atoms with E-state index in [1.807, 2.05) is 61.0 Å². The molecule has 4 aromatic rings. The number of halogens is 1. The lowest BCUT2D eigenvalue weighted by atomic mass is 10.00. The molecule has 4 rings (SSSR count). The molecular weight excluding hydrogens is 447 g/mol. The highest BCUT2D eigenvalue weighted by Gasteiger charge is 2.20. The second kappa shape index (κ2) is 10.5. The first-order valence-corrected chi connectivity index (χ1v) is 11.5. The van der Waals surface area contributed by atoms with Crippen LogP contribution in [0.15, 0.2) is 66.9 Å². The molecule has 0 saturated heterocycles. The lowest BCUT2D eigenvalue weighted by Crippen LogP contribution is -2.33. The third-order valence-corrected chi connectivity index (χ3v) is 6.10. The maximum absolute atomic E-state index is 14.3. The summed E-state index contributed by atoms with van der Waals surface area (Å²) in [6.07, 6.45) is 1.50. The second-order valence-electron chi connectivity index (χ2n) is 8.02. The van der Waals surface area contributed by atoms with Gasteiger partial charge in [-0.05, 0) is 55.8 Å². The Balaban J connectivity index is 1.86. The van der Waals surface area contributed by atoms with Gasteiger partial charge in [0.1, 0.15) is 11.6 Å². The number of aromatic nitrogens is 1. The van der Waals surface area contributed by atoms with Crippen LogP contribution in [0.3, 0.4) is 0 Å². The highest BCUT2D eigenvalue weighted by molar-refractivity contribution is 6.00. The average Bonchev–Trinajstić information content (AvgIpc) is 3.28. The number of fused-ring (bicyclic) bond motifs is 1. The van der Waals surface area contributed by atoms with Crippen molar-refractivity contribution in [2.75, 3.05) is 27.3 Å². The Labute approximate surface area is 204 Å². The summed E-state index contributed by atoms with van der Waals surface area (Å²) in [6, 6.07) is 17.9. The van der Waals surface area contributed by atoms with Crippen molar-refractivity contribution in [3.63, 3.8) is 0 Å². The molecule has 1 aromatic heterocycles. The molecule has 6 nitrogen and oxygen atoms in total. The maximum Gasteiger partial charge on any atom is 0.415 e.